The molecule has 0 bridgehead atoms. The summed E-state index contributed by atoms with van der Waals surface area (Å²) in [5, 5.41) is 3.08. The van der Waals surface area contributed by atoms with Crippen LogP contribution in [-0.4, -0.2) is 37.6 Å². The first-order valence-electron chi connectivity index (χ1n) is 10.1. The van der Waals surface area contributed by atoms with E-state index in [1.165, 1.54) is 24.8 Å². The number of ether oxygens (including phenoxy) is 1. The molecular weight excluding hydrogens is 350 g/mol. The lowest BCUT2D eigenvalue weighted by molar-refractivity contribution is -0.122. The first kappa shape index (κ1) is 20.4. The van der Waals surface area contributed by atoms with E-state index in [0.717, 1.165) is 30.0 Å². The number of benzene rings is 2. The number of hydrogen-bond acceptors (Lipinski definition) is 4. The zero-order valence-electron chi connectivity index (χ0n) is 16.9. The van der Waals surface area contributed by atoms with E-state index in [2.05, 4.69) is 22.3 Å². The number of carbonyl (C=O) groups excluding carboxylic acids is 1. The molecule has 0 aliphatic carbocycles. The van der Waals surface area contributed by atoms with Crippen molar-refractivity contribution >= 4 is 5.91 Å². The topological polar surface area (TPSA) is 67.6 Å². The van der Waals surface area contributed by atoms with Crippen molar-refractivity contribution in [2.45, 2.75) is 38.3 Å². The Morgan fingerprint density at radius 1 is 1.04 bits per heavy atom. The zero-order valence-corrected chi connectivity index (χ0v) is 16.9. The fraction of sp³-hybridized carbons (Fsp3) is 0.435. The minimum atomic E-state index is -0.654. The molecule has 2 aromatic rings. The van der Waals surface area contributed by atoms with Crippen LogP contribution in [-0.2, 0) is 4.79 Å². The first-order valence-corrected chi connectivity index (χ1v) is 10.1. The number of nitrogens with one attached hydrogen (secondary N) is 1. The summed E-state index contributed by atoms with van der Waals surface area (Å²) < 4.78 is 5.28. The molecule has 2 unspecified atom stereocenters. The third-order valence-corrected chi connectivity index (χ3v) is 5.52. The standard InChI is InChI=1S/C23H31N3O2/c1-17-6-8-19(9-7-17)22(24)23(27)25-16-21(26-14-4-3-5-15-26)18-10-12-20(28-2)13-11-18/h6-13,21-22H,3-5,14-16,24H2,1-2H3,(H,25,27). The average Bonchev–Trinajstić information content (AvgIpc) is 2.75. The highest BCUT2D eigenvalue weighted by Gasteiger charge is 2.24. The van der Waals surface area contributed by atoms with E-state index in [4.69, 9.17) is 10.5 Å². The van der Waals surface area contributed by atoms with Crippen molar-refractivity contribution < 1.29 is 9.53 Å². The van der Waals surface area contributed by atoms with Gasteiger partial charge in [-0.2, -0.15) is 0 Å². The monoisotopic (exact) mass is 381 g/mol. The fourth-order valence-electron chi connectivity index (χ4n) is 3.75. The first-order chi connectivity index (χ1) is 13.6. The number of nitrogens with two attached hydrogens (primary N) is 1. The van der Waals surface area contributed by atoms with Crippen LogP contribution in [0.3, 0.4) is 0 Å². The van der Waals surface area contributed by atoms with Gasteiger partial charge >= 0.3 is 0 Å². The van der Waals surface area contributed by atoms with Crippen molar-refractivity contribution in [1.29, 1.82) is 0 Å². The van der Waals surface area contributed by atoms with E-state index < -0.39 is 6.04 Å². The van der Waals surface area contributed by atoms with Crippen molar-refractivity contribution in [3.63, 3.8) is 0 Å². The van der Waals surface area contributed by atoms with Crippen LogP contribution in [0.5, 0.6) is 5.75 Å². The third kappa shape index (κ3) is 5.12. The smallest absolute Gasteiger partial charge is 0.241 e. The van der Waals surface area contributed by atoms with Crippen LogP contribution in [0, 0.1) is 6.92 Å². The molecule has 1 aliphatic heterocycles. The molecule has 2 atom stereocenters. The van der Waals surface area contributed by atoms with Gasteiger partial charge in [0, 0.05) is 6.54 Å². The van der Waals surface area contributed by atoms with Gasteiger partial charge < -0.3 is 15.8 Å². The highest BCUT2D eigenvalue weighted by atomic mass is 16.5. The molecule has 1 fully saturated rings. The number of piperidine rings is 1. The summed E-state index contributed by atoms with van der Waals surface area (Å²) in [6.07, 6.45) is 3.67. The molecule has 5 nitrogen and oxygen atoms in total. The molecular formula is C23H31N3O2. The highest BCUT2D eigenvalue weighted by molar-refractivity contribution is 5.83. The van der Waals surface area contributed by atoms with Crippen molar-refractivity contribution in [1.82, 2.24) is 10.2 Å². The molecule has 3 rings (SSSR count). The van der Waals surface area contributed by atoms with E-state index in [9.17, 15) is 4.79 Å². The van der Waals surface area contributed by atoms with Crippen molar-refractivity contribution in [2.24, 2.45) is 5.73 Å². The number of amides is 1. The van der Waals surface area contributed by atoms with Gasteiger partial charge in [0.05, 0.1) is 13.2 Å². The molecule has 1 heterocycles. The summed E-state index contributed by atoms with van der Waals surface area (Å²) in [5.74, 6) is 0.700. The van der Waals surface area contributed by atoms with Gasteiger partial charge in [0.25, 0.3) is 0 Å². The molecule has 1 aliphatic rings. The van der Waals surface area contributed by atoms with Crippen molar-refractivity contribution in [2.75, 3.05) is 26.7 Å². The largest absolute Gasteiger partial charge is 0.497 e. The van der Waals surface area contributed by atoms with Crippen LogP contribution in [0.25, 0.3) is 0 Å². The van der Waals surface area contributed by atoms with Crippen molar-refractivity contribution in [3.8, 4) is 5.75 Å². The molecule has 1 saturated heterocycles. The normalized spacial score (nSPS) is 17.0. The second kappa shape index (κ2) is 9.71. The van der Waals surface area contributed by atoms with Crippen LogP contribution >= 0.6 is 0 Å². The Bertz CT molecular complexity index is 752. The van der Waals surface area contributed by atoms with Gasteiger partial charge in [0.2, 0.25) is 5.91 Å². The predicted molar refractivity (Wildman–Crippen MR) is 112 cm³/mol. The number of hydrogen-bond donors (Lipinski definition) is 2. The summed E-state index contributed by atoms with van der Waals surface area (Å²) in [7, 11) is 1.67. The van der Waals surface area contributed by atoms with Gasteiger partial charge in [-0.15, -0.1) is 0 Å². The van der Waals surface area contributed by atoms with Gasteiger partial charge in [-0.25, -0.2) is 0 Å². The van der Waals surface area contributed by atoms with Crippen LogP contribution in [0.15, 0.2) is 48.5 Å². The molecule has 150 valence electrons. The molecule has 0 saturated carbocycles. The maximum atomic E-state index is 12.7. The van der Waals surface area contributed by atoms with E-state index in [0.29, 0.717) is 6.54 Å². The van der Waals surface area contributed by atoms with Gasteiger partial charge in [-0.1, -0.05) is 48.4 Å². The SMILES string of the molecule is COc1ccc(C(CNC(=O)C(N)c2ccc(C)cc2)N2CCCCC2)cc1. The zero-order chi connectivity index (χ0) is 19.9. The lowest BCUT2D eigenvalue weighted by Crippen LogP contribution is -2.43. The molecule has 2 aromatic carbocycles. The van der Waals surface area contributed by atoms with Crippen LogP contribution in [0.1, 0.15) is 48.0 Å². The summed E-state index contributed by atoms with van der Waals surface area (Å²) in [4.78, 5) is 15.1. The summed E-state index contributed by atoms with van der Waals surface area (Å²) in [6.45, 7) is 4.67. The molecule has 0 radical (unpaired) electrons. The number of likely N-dealkylation sites (tertiary alicyclic amines) is 1. The molecule has 3 N–H and O–H groups in total. The molecule has 5 heteroatoms. The van der Waals surface area contributed by atoms with E-state index >= 15 is 0 Å². The Labute approximate surface area is 167 Å². The van der Waals surface area contributed by atoms with Crippen molar-refractivity contribution in [3.05, 3.63) is 65.2 Å². The minimum absolute atomic E-state index is 0.139. The second-order valence-electron chi connectivity index (χ2n) is 7.52. The molecule has 28 heavy (non-hydrogen) atoms. The van der Waals surface area contributed by atoms with Crippen LogP contribution in [0.2, 0.25) is 0 Å². The minimum Gasteiger partial charge on any atom is -0.497 e. The Balaban J connectivity index is 1.69. The summed E-state index contributed by atoms with van der Waals surface area (Å²) in [5.41, 5.74) is 9.36. The summed E-state index contributed by atoms with van der Waals surface area (Å²) >= 11 is 0. The van der Waals surface area contributed by atoms with Gasteiger partial charge in [-0.3, -0.25) is 9.69 Å². The Hall–Kier alpha value is -2.37. The number of methoxy groups -OCH3 is 1. The summed E-state index contributed by atoms with van der Waals surface area (Å²) in [6, 6.07) is 15.4. The van der Waals surface area contributed by atoms with Gasteiger partial charge in [-0.05, 0) is 56.1 Å². The Kier molecular flexibility index (Phi) is 7.06. The van der Waals surface area contributed by atoms with Gasteiger partial charge in [0.15, 0.2) is 0 Å². The number of aryl methyl sites for hydroxylation is 1. The lowest BCUT2D eigenvalue weighted by atomic mass is 10.0. The second-order valence-corrected chi connectivity index (χ2v) is 7.52. The Morgan fingerprint density at radius 2 is 1.64 bits per heavy atom. The molecule has 0 aromatic heterocycles. The van der Waals surface area contributed by atoms with E-state index in [-0.39, 0.29) is 11.9 Å². The highest BCUT2D eigenvalue weighted by Crippen LogP contribution is 2.26. The fourth-order valence-corrected chi connectivity index (χ4v) is 3.75. The van der Waals surface area contributed by atoms with E-state index in [1.54, 1.807) is 7.11 Å². The average molecular weight is 382 g/mol. The number of nitrogens with zero attached hydrogens (tertiary/aromatic N) is 1. The molecule has 0 spiro atoms. The van der Waals surface area contributed by atoms with Gasteiger partial charge in [0.1, 0.15) is 11.8 Å². The Morgan fingerprint density at radius 3 is 2.25 bits per heavy atom. The number of rotatable bonds is 7. The maximum Gasteiger partial charge on any atom is 0.241 e. The quantitative estimate of drug-likeness (QED) is 0.772. The number of carbonyl (C=O) groups is 1. The maximum absolute atomic E-state index is 12.7. The van der Waals surface area contributed by atoms with Crippen LogP contribution in [0.4, 0.5) is 0 Å². The van der Waals surface area contributed by atoms with E-state index in [1.807, 2.05) is 43.3 Å². The lowest BCUT2D eigenvalue weighted by Gasteiger charge is -2.35. The predicted octanol–water partition coefficient (Wildman–Crippen LogP) is 3.35. The third-order valence-electron chi connectivity index (χ3n) is 5.52. The molecule has 1 amide bonds. The van der Waals surface area contributed by atoms with Crippen LogP contribution < -0.4 is 15.8 Å².